The Hall–Kier alpha value is -2.77. The van der Waals surface area contributed by atoms with Gasteiger partial charge in [0.05, 0.1) is 11.6 Å². The highest BCUT2D eigenvalue weighted by Crippen LogP contribution is 2.35. The van der Waals surface area contributed by atoms with Crippen LogP contribution in [0.3, 0.4) is 0 Å². The molecule has 1 aromatic heterocycles. The van der Waals surface area contributed by atoms with Gasteiger partial charge in [-0.25, -0.2) is 0 Å². The number of aromatic nitrogens is 1. The molecule has 4 heteroatoms. The first kappa shape index (κ1) is 16.1. The van der Waals surface area contributed by atoms with E-state index in [-0.39, 0.29) is 6.61 Å². The van der Waals surface area contributed by atoms with Crippen molar-refractivity contribution in [1.29, 1.82) is 5.26 Å². The molecule has 0 fully saturated rings. The van der Waals surface area contributed by atoms with Gasteiger partial charge in [0.2, 0.25) is 0 Å². The van der Waals surface area contributed by atoms with E-state index >= 15 is 0 Å². The summed E-state index contributed by atoms with van der Waals surface area (Å²) in [5.41, 5.74) is 11.8. The van der Waals surface area contributed by atoms with Crippen LogP contribution < -0.4 is 5.73 Å². The summed E-state index contributed by atoms with van der Waals surface area (Å²) in [5, 5.41) is 19.3. The Morgan fingerprint density at radius 1 is 1.17 bits per heavy atom. The van der Waals surface area contributed by atoms with Gasteiger partial charge in [-0.2, -0.15) is 5.26 Å². The molecule has 0 aliphatic carbocycles. The van der Waals surface area contributed by atoms with Crippen LogP contribution in [-0.4, -0.2) is 16.3 Å². The molecule has 0 bridgehead atoms. The molecule has 0 unspecified atom stereocenters. The zero-order valence-electron chi connectivity index (χ0n) is 13.8. The van der Waals surface area contributed by atoms with Gasteiger partial charge in [-0.1, -0.05) is 12.1 Å². The number of nitrogens with zero attached hydrogens (tertiary/aromatic N) is 2. The number of rotatable bonds is 5. The predicted octanol–water partition coefficient (Wildman–Crippen LogP) is 3.84. The van der Waals surface area contributed by atoms with Crippen LogP contribution in [-0.2, 0) is 6.54 Å². The molecule has 0 radical (unpaired) electrons. The van der Waals surface area contributed by atoms with Crippen LogP contribution in [0.2, 0.25) is 0 Å². The zero-order valence-corrected chi connectivity index (χ0v) is 13.8. The summed E-state index contributed by atoms with van der Waals surface area (Å²) < 4.78 is 2.20. The second-order valence-electron chi connectivity index (χ2n) is 6.03. The van der Waals surface area contributed by atoms with Crippen LogP contribution in [0.25, 0.3) is 22.0 Å². The first-order valence-electron chi connectivity index (χ1n) is 8.15. The van der Waals surface area contributed by atoms with E-state index in [0.29, 0.717) is 5.56 Å². The van der Waals surface area contributed by atoms with Crippen LogP contribution in [0, 0.1) is 18.3 Å². The van der Waals surface area contributed by atoms with Gasteiger partial charge in [-0.05, 0) is 55.2 Å². The minimum absolute atomic E-state index is 0.207. The van der Waals surface area contributed by atoms with Crippen LogP contribution >= 0.6 is 0 Å². The van der Waals surface area contributed by atoms with Gasteiger partial charge in [0, 0.05) is 41.5 Å². The molecule has 4 nitrogen and oxygen atoms in total. The average Bonchev–Trinajstić information content (AvgIpc) is 2.95. The monoisotopic (exact) mass is 319 g/mol. The maximum Gasteiger partial charge on any atom is 0.0991 e. The summed E-state index contributed by atoms with van der Waals surface area (Å²) in [6.45, 7) is 3.07. The molecule has 2 aromatic carbocycles. The fraction of sp³-hybridized carbons (Fsp3) is 0.250. The van der Waals surface area contributed by atoms with E-state index in [9.17, 15) is 5.26 Å². The van der Waals surface area contributed by atoms with Gasteiger partial charge in [-0.15, -0.1) is 0 Å². The minimum atomic E-state index is 0.207. The van der Waals surface area contributed by atoms with Gasteiger partial charge in [0.15, 0.2) is 0 Å². The number of aliphatic hydroxyl groups is 1. The van der Waals surface area contributed by atoms with Gasteiger partial charge in [0.25, 0.3) is 0 Å². The number of anilines is 1. The first-order chi connectivity index (χ1) is 11.7. The molecule has 3 N–H and O–H groups in total. The lowest BCUT2D eigenvalue weighted by atomic mass is 9.98. The number of benzene rings is 2. The summed E-state index contributed by atoms with van der Waals surface area (Å²) in [4.78, 5) is 0. The summed E-state index contributed by atoms with van der Waals surface area (Å²) >= 11 is 0. The summed E-state index contributed by atoms with van der Waals surface area (Å²) in [5.74, 6) is 0. The number of aryl methyl sites for hydroxylation is 1. The second-order valence-corrected chi connectivity index (χ2v) is 6.03. The second kappa shape index (κ2) is 6.77. The predicted molar refractivity (Wildman–Crippen MR) is 97.6 cm³/mol. The van der Waals surface area contributed by atoms with Crippen molar-refractivity contribution in [2.75, 3.05) is 12.3 Å². The van der Waals surface area contributed by atoms with Gasteiger partial charge in [0.1, 0.15) is 0 Å². The summed E-state index contributed by atoms with van der Waals surface area (Å²) in [7, 11) is 0. The number of hydrogen-bond acceptors (Lipinski definition) is 3. The molecule has 24 heavy (non-hydrogen) atoms. The molecule has 0 amide bonds. The Labute approximate surface area is 141 Å². The van der Waals surface area contributed by atoms with Crippen molar-refractivity contribution in [3.63, 3.8) is 0 Å². The molecule has 0 aliphatic heterocycles. The average molecular weight is 319 g/mol. The number of fused-ring (bicyclic) bond motifs is 1. The molecule has 3 rings (SSSR count). The van der Waals surface area contributed by atoms with Gasteiger partial charge in [-0.3, -0.25) is 0 Å². The van der Waals surface area contributed by atoms with Crippen molar-refractivity contribution in [3.8, 4) is 17.2 Å². The molecule has 1 heterocycles. The third-order valence-corrected chi connectivity index (χ3v) is 4.48. The van der Waals surface area contributed by atoms with Crippen LogP contribution in [0.15, 0.2) is 42.6 Å². The van der Waals surface area contributed by atoms with Crippen molar-refractivity contribution in [3.05, 3.63) is 53.7 Å². The topological polar surface area (TPSA) is 75.0 Å². The fourth-order valence-electron chi connectivity index (χ4n) is 3.11. The minimum Gasteiger partial charge on any atom is -0.398 e. The van der Waals surface area contributed by atoms with Crippen molar-refractivity contribution in [2.45, 2.75) is 26.3 Å². The van der Waals surface area contributed by atoms with Crippen molar-refractivity contribution >= 4 is 16.6 Å². The summed E-state index contributed by atoms with van der Waals surface area (Å²) in [6, 6.07) is 13.9. The highest BCUT2D eigenvalue weighted by molar-refractivity contribution is 5.98. The normalized spacial score (nSPS) is 10.9. The van der Waals surface area contributed by atoms with E-state index < -0.39 is 0 Å². The summed E-state index contributed by atoms with van der Waals surface area (Å²) in [6.07, 6.45) is 3.82. The Morgan fingerprint density at radius 3 is 2.75 bits per heavy atom. The Kier molecular flexibility index (Phi) is 4.54. The van der Waals surface area contributed by atoms with Crippen molar-refractivity contribution in [1.82, 2.24) is 4.57 Å². The highest BCUT2D eigenvalue weighted by Gasteiger charge is 2.13. The standard InChI is InChI=1S/C20H21N3O/c1-14-16(5-4-6-19(14)22)18-13-23(9-2-3-10-24)20-8-7-15(12-21)11-17(18)20/h4-8,11,13,24H,2-3,9-10,22H2,1H3. The van der Waals surface area contributed by atoms with E-state index in [4.69, 9.17) is 10.8 Å². The van der Waals surface area contributed by atoms with Gasteiger partial charge >= 0.3 is 0 Å². The molecule has 0 saturated carbocycles. The lowest BCUT2D eigenvalue weighted by Crippen LogP contribution is -1.97. The number of nitrogens with two attached hydrogens (primary N) is 1. The number of unbranched alkanes of at least 4 members (excludes halogenated alkanes) is 1. The quantitative estimate of drug-likeness (QED) is 0.554. The third-order valence-electron chi connectivity index (χ3n) is 4.48. The fourth-order valence-corrected chi connectivity index (χ4v) is 3.11. The molecular formula is C20H21N3O. The highest BCUT2D eigenvalue weighted by atomic mass is 16.2. The van der Waals surface area contributed by atoms with Gasteiger partial charge < -0.3 is 15.4 Å². The Morgan fingerprint density at radius 2 is 2.00 bits per heavy atom. The number of nitriles is 1. The maximum atomic E-state index is 9.23. The zero-order chi connectivity index (χ0) is 17.1. The lowest BCUT2D eigenvalue weighted by Gasteiger charge is -2.07. The molecular weight excluding hydrogens is 298 g/mol. The smallest absolute Gasteiger partial charge is 0.0991 e. The van der Waals surface area contributed by atoms with E-state index in [1.54, 1.807) is 0 Å². The van der Waals surface area contributed by atoms with E-state index in [1.165, 1.54) is 0 Å². The number of hydrogen-bond donors (Lipinski definition) is 2. The lowest BCUT2D eigenvalue weighted by molar-refractivity contribution is 0.281. The third kappa shape index (κ3) is 2.86. The Balaban J connectivity index is 2.19. The molecule has 3 aromatic rings. The van der Waals surface area contributed by atoms with E-state index in [1.807, 2.05) is 37.3 Å². The molecule has 0 spiro atoms. The Bertz CT molecular complexity index is 919. The van der Waals surface area contributed by atoms with E-state index in [0.717, 1.165) is 52.7 Å². The SMILES string of the molecule is Cc1c(N)cccc1-c1cn(CCCCO)c2ccc(C#N)cc12. The maximum absolute atomic E-state index is 9.23. The molecule has 122 valence electrons. The van der Waals surface area contributed by atoms with Crippen LogP contribution in [0.1, 0.15) is 24.0 Å². The largest absolute Gasteiger partial charge is 0.398 e. The van der Waals surface area contributed by atoms with Crippen molar-refractivity contribution < 1.29 is 5.11 Å². The number of aliphatic hydroxyl groups excluding tert-OH is 1. The molecule has 0 aliphatic rings. The first-order valence-corrected chi connectivity index (χ1v) is 8.15. The number of nitrogen functional groups attached to an aromatic ring is 1. The van der Waals surface area contributed by atoms with Crippen LogP contribution in [0.5, 0.6) is 0 Å². The van der Waals surface area contributed by atoms with Crippen molar-refractivity contribution in [2.24, 2.45) is 0 Å². The van der Waals surface area contributed by atoms with E-state index in [2.05, 4.69) is 22.9 Å². The molecule has 0 saturated heterocycles. The molecule has 0 atom stereocenters. The van der Waals surface area contributed by atoms with Crippen LogP contribution in [0.4, 0.5) is 5.69 Å².